The summed E-state index contributed by atoms with van der Waals surface area (Å²) in [7, 11) is 0. The molecule has 0 spiro atoms. The van der Waals surface area contributed by atoms with Crippen LogP contribution in [0, 0.1) is 0 Å². The van der Waals surface area contributed by atoms with E-state index in [1.165, 1.54) is 11.8 Å². The first-order chi connectivity index (χ1) is 9.20. The molecule has 3 N–H and O–H groups in total. The van der Waals surface area contributed by atoms with E-state index < -0.39 is 6.04 Å². The fourth-order valence-electron chi connectivity index (χ4n) is 1.82. The molecule has 19 heavy (non-hydrogen) atoms. The van der Waals surface area contributed by atoms with Gasteiger partial charge in [-0.25, -0.2) is 0 Å². The van der Waals surface area contributed by atoms with Gasteiger partial charge < -0.3 is 15.7 Å². The highest BCUT2D eigenvalue weighted by Crippen LogP contribution is 2.19. The Balaban J connectivity index is 1.83. The number of hydrogen-bond donors (Lipinski definition) is 3. The lowest BCUT2D eigenvalue weighted by molar-refractivity contribution is -0.134. The van der Waals surface area contributed by atoms with Crippen LogP contribution in [0.2, 0.25) is 0 Å². The molecule has 0 unspecified atom stereocenters. The molecule has 0 bridgehead atoms. The summed E-state index contributed by atoms with van der Waals surface area (Å²) in [6.07, 6.45) is 0.266. The molecular weight excluding hydrogens is 264 g/mol. The molecule has 2 rings (SSSR count). The molecule has 1 aromatic rings. The first-order valence-corrected chi connectivity index (χ1v) is 7.11. The highest BCUT2D eigenvalue weighted by Gasteiger charge is 2.40. The molecule has 102 valence electrons. The standard InChI is InChI=1S/C13H16N2O3S/c16-6-7-19-13-11(12(18)15-13)14-10(17)8-9-4-2-1-3-5-9/h1-5,11,13,16H,6-8H2,(H,14,17)(H,15,18)/t11-,13-/m1/s1. The van der Waals surface area contributed by atoms with Crippen molar-refractivity contribution in [2.45, 2.75) is 17.8 Å². The van der Waals surface area contributed by atoms with Gasteiger partial charge in [0.2, 0.25) is 11.8 Å². The fourth-order valence-corrected chi connectivity index (χ4v) is 2.76. The van der Waals surface area contributed by atoms with Gasteiger partial charge in [0, 0.05) is 5.75 Å². The zero-order valence-electron chi connectivity index (χ0n) is 10.3. The van der Waals surface area contributed by atoms with E-state index in [0.29, 0.717) is 5.75 Å². The maximum atomic E-state index is 11.8. The van der Waals surface area contributed by atoms with Crippen molar-refractivity contribution in [3.63, 3.8) is 0 Å². The number of aliphatic hydroxyl groups excluding tert-OH is 1. The summed E-state index contributed by atoms with van der Waals surface area (Å²) in [4.78, 5) is 23.2. The van der Waals surface area contributed by atoms with E-state index >= 15 is 0 Å². The molecule has 0 aliphatic carbocycles. The topological polar surface area (TPSA) is 78.4 Å². The zero-order chi connectivity index (χ0) is 13.7. The lowest BCUT2D eigenvalue weighted by Crippen LogP contribution is -2.67. The minimum atomic E-state index is -0.493. The maximum Gasteiger partial charge on any atom is 0.246 e. The number of hydrogen-bond acceptors (Lipinski definition) is 4. The molecule has 1 aliphatic heterocycles. The summed E-state index contributed by atoms with van der Waals surface area (Å²) in [6.45, 7) is 0.0573. The third kappa shape index (κ3) is 3.71. The number of β-lactam (4-membered cyclic amide) rings is 1. The van der Waals surface area contributed by atoms with E-state index in [-0.39, 0.29) is 30.2 Å². The van der Waals surface area contributed by atoms with Crippen molar-refractivity contribution in [3.05, 3.63) is 35.9 Å². The predicted octanol–water partition coefficient (Wildman–Crippen LogP) is -0.105. The molecule has 1 aliphatic rings. The minimum absolute atomic E-state index is 0.0573. The van der Waals surface area contributed by atoms with Crippen LogP contribution in [0.4, 0.5) is 0 Å². The molecule has 2 atom stereocenters. The Morgan fingerprint density at radius 3 is 2.74 bits per heavy atom. The highest BCUT2D eigenvalue weighted by atomic mass is 32.2. The van der Waals surface area contributed by atoms with Crippen molar-refractivity contribution < 1.29 is 14.7 Å². The minimum Gasteiger partial charge on any atom is -0.396 e. The Morgan fingerprint density at radius 1 is 1.37 bits per heavy atom. The zero-order valence-corrected chi connectivity index (χ0v) is 11.2. The molecule has 6 heteroatoms. The van der Waals surface area contributed by atoms with Crippen LogP contribution in [0.25, 0.3) is 0 Å². The number of carbonyl (C=O) groups excluding carboxylic acids is 2. The van der Waals surface area contributed by atoms with Crippen molar-refractivity contribution in [1.82, 2.24) is 10.6 Å². The summed E-state index contributed by atoms with van der Waals surface area (Å²) in [5.41, 5.74) is 0.916. The molecule has 2 amide bonds. The van der Waals surface area contributed by atoms with Crippen molar-refractivity contribution in [2.75, 3.05) is 12.4 Å². The fraction of sp³-hybridized carbons (Fsp3) is 0.385. The largest absolute Gasteiger partial charge is 0.396 e. The molecule has 1 fully saturated rings. The molecular formula is C13H16N2O3S. The highest BCUT2D eigenvalue weighted by molar-refractivity contribution is 8.00. The Kier molecular flexibility index (Phi) is 4.81. The van der Waals surface area contributed by atoms with E-state index in [0.717, 1.165) is 5.56 Å². The Bertz CT molecular complexity index is 452. The predicted molar refractivity (Wildman–Crippen MR) is 73.6 cm³/mol. The monoisotopic (exact) mass is 280 g/mol. The lowest BCUT2D eigenvalue weighted by atomic mass is 10.1. The van der Waals surface area contributed by atoms with Gasteiger partial charge in [-0.05, 0) is 5.56 Å². The second kappa shape index (κ2) is 6.58. The molecule has 1 aromatic carbocycles. The number of rotatable bonds is 6. The van der Waals surface area contributed by atoms with Crippen LogP contribution in [0.1, 0.15) is 5.56 Å². The summed E-state index contributed by atoms with van der Waals surface area (Å²) in [6, 6.07) is 8.89. The SMILES string of the molecule is O=C(Cc1ccccc1)N[C@@H]1C(=O)N[C@@H]1SCCO. The van der Waals surface area contributed by atoms with Crippen molar-refractivity contribution >= 4 is 23.6 Å². The summed E-state index contributed by atoms with van der Waals surface area (Å²) in [5.74, 6) is 0.202. The average molecular weight is 280 g/mol. The second-order valence-electron chi connectivity index (χ2n) is 4.23. The first kappa shape index (κ1) is 13.9. The van der Waals surface area contributed by atoms with Crippen molar-refractivity contribution in [2.24, 2.45) is 0 Å². The number of nitrogens with one attached hydrogen (secondary N) is 2. The van der Waals surface area contributed by atoms with Crippen LogP contribution in [0.15, 0.2) is 30.3 Å². The number of aliphatic hydroxyl groups is 1. The summed E-state index contributed by atoms with van der Waals surface area (Å²) in [5, 5.41) is 14.0. The molecule has 5 nitrogen and oxygen atoms in total. The van der Waals surface area contributed by atoms with E-state index in [1.807, 2.05) is 30.3 Å². The summed E-state index contributed by atoms with van der Waals surface area (Å²) < 4.78 is 0. The van der Waals surface area contributed by atoms with E-state index in [9.17, 15) is 9.59 Å². The van der Waals surface area contributed by atoms with Crippen molar-refractivity contribution in [1.29, 1.82) is 0 Å². The van der Waals surface area contributed by atoms with Gasteiger partial charge in [-0.2, -0.15) is 0 Å². The van der Waals surface area contributed by atoms with Crippen LogP contribution >= 0.6 is 11.8 Å². The Morgan fingerprint density at radius 2 is 2.11 bits per heavy atom. The molecule has 0 aromatic heterocycles. The quantitative estimate of drug-likeness (QED) is 0.636. The molecule has 1 heterocycles. The van der Waals surface area contributed by atoms with Gasteiger partial charge in [0.25, 0.3) is 0 Å². The number of thioether (sulfide) groups is 1. The number of benzene rings is 1. The maximum absolute atomic E-state index is 11.8. The van der Waals surface area contributed by atoms with Crippen LogP contribution < -0.4 is 10.6 Å². The van der Waals surface area contributed by atoms with Gasteiger partial charge in [0.05, 0.1) is 13.0 Å². The smallest absolute Gasteiger partial charge is 0.246 e. The van der Waals surface area contributed by atoms with E-state index in [1.54, 1.807) is 0 Å². The van der Waals surface area contributed by atoms with Gasteiger partial charge in [0.1, 0.15) is 11.4 Å². The number of carbonyl (C=O) groups is 2. The normalized spacial score (nSPS) is 21.4. The first-order valence-electron chi connectivity index (χ1n) is 6.07. The number of amides is 2. The van der Waals surface area contributed by atoms with Gasteiger partial charge in [-0.15, -0.1) is 11.8 Å². The molecule has 0 saturated carbocycles. The van der Waals surface area contributed by atoms with Crippen LogP contribution in [-0.2, 0) is 16.0 Å². The third-order valence-electron chi connectivity index (χ3n) is 2.78. The van der Waals surface area contributed by atoms with Crippen LogP contribution in [-0.4, -0.2) is 40.7 Å². The summed E-state index contributed by atoms with van der Waals surface area (Å²) >= 11 is 1.43. The Hall–Kier alpha value is -1.53. The second-order valence-corrected chi connectivity index (χ2v) is 5.48. The van der Waals surface area contributed by atoms with Gasteiger partial charge in [0.15, 0.2) is 0 Å². The third-order valence-corrected chi connectivity index (χ3v) is 3.95. The van der Waals surface area contributed by atoms with Crippen LogP contribution in [0.5, 0.6) is 0 Å². The average Bonchev–Trinajstić information content (AvgIpc) is 2.42. The Labute approximate surface area is 115 Å². The van der Waals surface area contributed by atoms with Gasteiger partial charge >= 0.3 is 0 Å². The van der Waals surface area contributed by atoms with Crippen molar-refractivity contribution in [3.8, 4) is 0 Å². The molecule has 1 saturated heterocycles. The van der Waals surface area contributed by atoms with Gasteiger partial charge in [-0.3, -0.25) is 9.59 Å². The van der Waals surface area contributed by atoms with E-state index in [2.05, 4.69) is 10.6 Å². The van der Waals surface area contributed by atoms with E-state index in [4.69, 9.17) is 5.11 Å². The molecule has 0 radical (unpaired) electrons. The lowest BCUT2D eigenvalue weighted by Gasteiger charge is -2.36. The van der Waals surface area contributed by atoms with Crippen LogP contribution in [0.3, 0.4) is 0 Å². The van der Waals surface area contributed by atoms with Gasteiger partial charge in [-0.1, -0.05) is 30.3 Å².